The average Bonchev–Trinajstić information content (AvgIpc) is 2.30. The molecule has 0 radical (unpaired) electrons. The van der Waals surface area contributed by atoms with Crippen molar-refractivity contribution in [2.75, 3.05) is 5.73 Å². The van der Waals surface area contributed by atoms with Crippen LogP contribution in [0.25, 0.3) is 0 Å². The molecule has 2 N–H and O–H groups in total. The molecule has 2 rings (SSSR count). The van der Waals surface area contributed by atoms with Gasteiger partial charge in [-0.15, -0.1) is 0 Å². The Morgan fingerprint density at radius 3 is 2.31 bits per heavy atom. The van der Waals surface area contributed by atoms with Gasteiger partial charge in [-0.25, -0.2) is 0 Å². The zero-order valence-corrected chi connectivity index (χ0v) is 9.10. The number of aryl methyl sites for hydroxylation is 1. The largest absolute Gasteiger partial charge is 0.398 e. The zero-order valence-electron chi connectivity index (χ0n) is 9.10. The Morgan fingerprint density at radius 2 is 1.69 bits per heavy atom. The number of hydrogen-bond acceptors (Lipinski definition) is 2. The summed E-state index contributed by atoms with van der Waals surface area (Å²) in [6, 6.07) is 14.7. The van der Waals surface area contributed by atoms with Gasteiger partial charge in [0.2, 0.25) is 0 Å². The maximum absolute atomic E-state index is 12.2. The van der Waals surface area contributed by atoms with Crippen molar-refractivity contribution in [1.82, 2.24) is 0 Å². The minimum atomic E-state index is -0.0174. The van der Waals surface area contributed by atoms with Crippen molar-refractivity contribution < 1.29 is 4.79 Å². The van der Waals surface area contributed by atoms with Crippen molar-refractivity contribution in [2.45, 2.75) is 6.92 Å². The second-order valence-electron chi connectivity index (χ2n) is 3.73. The summed E-state index contributed by atoms with van der Waals surface area (Å²) in [6.45, 7) is 1.90. The minimum absolute atomic E-state index is 0.0174. The molecule has 0 aliphatic carbocycles. The van der Waals surface area contributed by atoms with Crippen LogP contribution < -0.4 is 5.73 Å². The number of nitrogen functional groups attached to an aromatic ring is 1. The molecule has 2 aromatic rings. The van der Waals surface area contributed by atoms with Gasteiger partial charge in [0.25, 0.3) is 0 Å². The Hall–Kier alpha value is -2.09. The highest BCUT2D eigenvalue weighted by Gasteiger charge is 2.13. The fourth-order valence-electron chi connectivity index (χ4n) is 1.73. The minimum Gasteiger partial charge on any atom is -0.398 e. The molecule has 0 spiro atoms. The van der Waals surface area contributed by atoms with Crippen molar-refractivity contribution in [3.8, 4) is 0 Å². The van der Waals surface area contributed by atoms with Gasteiger partial charge in [-0.1, -0.05) is 42.5 Å². The maximum Gasteiger partial charge on any atom is 0.195 e. The molecule has 0 saturated heterocycles. The molecule has 0 aromatic heterocycles. The van der Waals surface area contributed by atoms with E-state index in [1.54, 1.807) is 18.2 Å². The van der Waals surface area contributed by atoms with E-state index < -0.39 is 0 Å². The van der Waals surface area contributed by atoms with Gasteiger partial charge in [0.1, 0.15) is 0 Å². The second kappa shape index (κ2) is 4.19. The van der Waals surface area contributed by atoms with Gasteiger partial charge in [0.15, 0.2) is 5.78 Å². The van der Waals surface area contributed by atoms with Crippen LogP contribution in [0, 0.1) is 6.92 Å². The van der Waals surface area contributed by atoms with Crippen LogP contribution in [0.15, 0.2) is 48.5 Å². The van der Waals surface area contributed by atoms with Gasteiger partial charge in [-0.2, -0.15) is 0 Å². The molecular weight excluding hydrogens is 198 g/mol. The van der Waals surface area contributed by atoms with E-state index in [1.165, 1.54) is 0 Å². The highest BCUT2D eigenvalue weighted by atomic mass is 16.1. The lowest BCUT2D eigenvalue weighted by atomic mass is 9.97. The third-order valence-electron chi connectivity index (χ3n) is 2.57. The first kappa shape index (κ1) is 10.4. The standard InChI is InChI=1S/C14H13NO/c1-10-6-5-9-12(15)13(10)14(16)11-7-3-2-4-8-11/h2-9H,15H2,1H3. The normalized spacial score (nSPS) is 10.1. The van der Waals surface area contributed by atoms with E-state index in [0.717, 1.165) is 5.56 Å². The van der Waals surface area contributed by atoms with E-state index >= 15 is 0 Å². The smallest absolute Gasteiger partial charge is 0.195 e. The van der Waals surface area contributed by atoms with Gasteiger partial charge >= 0.3 is 0 Å². The molecule has 80 valence electrons. The molecule has 0 aliphatic rings. The summed E-state index contributed by atoms with van der Waals surface area (Å²) in [5.41, 5.74) is 8.56. The van der Waals surface area contributed by atoms with Crippen LogP contribution in [0.1, 0.15) is 21.5 Å². The summed E-state index contributed by atoms with van der Waals surface area (Å²) in [5.74, 6) is -0.0174. The average molecular weight is 211 g/mol. The fraction of sp³-hybridized carbons (Fsp3) is 0.0714. The van der Waals surface area contributed by atoms with Crippen LogP contribution in [0.4, 0.5) is 5.69 Å². The summed E-state index contributed by atoms with van der Waals surface area (Å²) in [5, 5.41) is 0. The first-order valence-electron chi connectivity index (χ1n) is 5.15. The number of carbonyl (C=O) groups excluding carboxylic acids is 1. The molecule has 0 aliphatic heterocycles. The van der Waals surface area contributed by atoms with Gasteiger partial charge in [-0.3, -0.25) is 4.79 Å². The molecule has 0 atom stereocenters. The summed E-state index contributed by atoms with van der Waals surface area (Å²) < 4.78 is 0. The Balaban J connectivity index is 2.50. The van der Waals surface area contributed by atoms with Crippen molar-refractivity contribution in [3.63, 3.8) is 0 Å². The Labute approximate surface area is 94.7 Å². The summed E-state index contributed by atoms with van der Waals surface area (Å²) in [4.78, 5) is 12.2. The molecule has 2 aromatic carbocycles. The van der Waals surface area contributed by atoms with Crippen LogP contribution in [0.5, 0.6) is 0 Å². The first-order valence-corrected chi connectivity index (χ1v) is 5.15. The number of carbonyl (C=O) groups is 1. The lowest BCUT2D eigenvalue weighted by molar-refractivity contribution is 0.103. The van der Waals surface area contributed by atoms with Crippen molar-refractivity contribution >= 4 is 11.5 Å². The molecule has 0 unspecified atom stereocenters. The first-order chi connectivity index (χ1) is 7.70. The predicted molar refractivity (Wildman–Crippen MR) is 65.5 cm³/mol. The van der Waals surface area contributed by atoms with E-state index in [1.807, 2.05) is 37.3 Å². The SMILES string of the molecule is Cc1cccc(N)c1C(=O)c1ccccc1. The van der Waals surface area contributed by atoms with E-state index in [9.17, 15) is 4.79 Å². The van der Waals surface area contributed by atoms with Crippen molar-refractivity contribution in [1.29, 1.82) is 0 Å². The molecule has 0 amide bonds. The molecule has 0 saturated carbocycles. The van der Waals surface area contributed by atoms with Crippen molar-refractivity contribution in [3.05, 3.63) is 65.2 Å². The van der Waals surface area contributed by atoms with Gasteiger partial charge < -0.3 is 5.73 Å². The lowest BCUT2D eigenvalue weighted by Crippen LogP contribution is -2.07. The number of rotatable bonds is 2. The summed E-state index contributed by atoms with van der Waals surface area (Å²) in [6.07, 6.45) is 0. The number of anilines is 1. The topological polar surface area (TPSA) is 43.1 Å². The molecule has 2 heteroatoms. The van der Waals surface area contributed by atoms with Crippen LogP contribution in [-0.4, -0.2) is 5.78 Å². The number of hydrogen-bond donors (Lipinski definition) is 1. The third-order valence-corrected chi connectivity index (χ3v) is 2.57. The Kier molecular flexibility index (Phi) is 2.73. The number of benzene rings is 2. The van der Waals surface area contributed by atoms with Gasteiger partial charge in [0.05, 0.1) is 0 Å². The monoisotopic (exact) mass is 211 g/mol. The van der Waals surface area contributed by atoms with E-state index in [0.29, 0.717) is 16.8 Å². The molecule has 2 nitrogen and oxygen atoms in total. The van der Waals surface area contributed by atoms with Crippen LogP contribution in [0.3, 0.4) is 0 Å². The Bertz CT molecular complexity index is 497. The highest BCUT2D eigenvalue weighted by Crippen LogP contribution is 2.20. The van der Waals surface area contributed by atoms with E-state index in [-0.39, 0.29) is 5.78 Å². The van der Waals surface area contributed by atoms with Gasteiger partial charge in [-0.05, 0) is 18.6 Å². The zero-order chi connectivity index (χ0) is 11.5. The number of ketones is 1. The maximum atomic E-state index is 12.2. The summed E-state index contributed by atoms with van der Waals surface area (Å²) in [7, 11) is 0. The quantitative estimate of drug-likeness (QED) is 0.613. The molecular formula is C14H13NO. The molecule has 16 heavy (non-hydrogen) atoms. The van der Waals surface area contributed by atoms with Crippen molar-refractivity contribution in [2.24, 2.45) is 0 Å². The second-order valence-corrected chi connectivity index (χ2v) is 3.73. The molecule has 0 fully saturated rings. The molecule has 0 bridgehead atoms. The van der Waals surface area contributed by atoms with E-state index in [2.05, 4.69) is 0 Å². The van der Waals surface area contributed by atoms with Crippen LogP contribution in [-0.2, 0) is 0 Å². The van der Waals surface area contributed by atoms with Crippen LogP contribution in [0.2, 0.25) is 0 Å². The third kappa shape index (κ3) is 1.82. The predicted octanol–water partition coefficient (Wildman–Crippen LogP) is 2.81. The lowest BCUT2D eigenvalue weighted by Gasteiger charge is -2.07. The highest BCUT2D eigenvalue weighted by molar-refractivity contribution is 6.12. The van der Waals surface area contributed by atoms with Crippen LogP contribution >= 0.6 is 0 Å². The van der Waals surface area contributed by atoms with E-state index in [4.69, 9.17) is 5.73 Å². The van der Waals surface area contributed by atoms with Gasteiger partial charge in [0, 0.05) is 16.8 Å². The Morgan fingerprint density at radius 1 is 1.00 bits per heavy atom. The fourth-order valence-corrected chi connectivity index (χ4v) is 1.73. The number of nitrogens with two attached hydrogens (primary N) is 1. The molecule has 0 heterocycles. The summed E-state index contributed by atoms with van der Waals surface area (Å²) >= 11 is 0.